The zero-order chi connectivity index (χ0) is 13.4. The molecule has 1 heterocycles. The number of hydrogen-bond donors (Lipinski definition) is 1. The van der Waals surface area contributed by atoms with Crippen molar-refractivity contribution >= 4 is 11.9 Å². The second kappa shape index (κ2) is 4.96. The van der Waals surface area contributed by atoms with Gasteiger partial charge >= 0.3 is 5.97 Å². The second-order valence-corrected chi connectivity index (χ2v) is 5.62. The molecule has 0 aromatic carbocycles. The van der Waals surface area contributed by atoms with Crippen molar-refractivity contribution in [1.82, 2.24) is 4.90 Å². The van der Waals surface area contributed by atoms with E-state index in [1.807, 2.05) is 6.08 Å². The first-order valence-corrected chi connectivity index (χ1v) is 6.96. The maximum absolute atomic E-state index is 12.6. The molecule has 2 bridgehead atoms. The molecule has 5 heteroatoms. The molecule has 0 spiro atoms. The van der Waals surface area contributed by atoms with Gasteiger partial charge in [-0.3, -0.25) is 9.59 Å². The third-order valence-electron chi connectivity index (χ3n) is 4.64. The van der Waals surface area contributed by atoms with Crippen LogP contribution in [0.15, 0.2) is 12.2 Å². The first-order valence-electron chi connectivity index (χ1n) is 6.96. The normalized spacial score (nSPS) is 37.4. The summed E-state index contributed by atoms with van der Waals surface area (Å²) in [5.41, 5.74) is 0. The Balaban J connectivity index is 1.82. The molecule has 3 aliphatic carbocycles. The summed E-state index contributed by atoms with van der Waals surface area (Å²) >= 11 is 0. The minimum atomic E-state index is -0.828. The number of morpholine rings is 1. The van der Waals surface area contributed by atoms with Gasteiger partial charge in [-0.25, -0.2) is 0 Å². The van der Waals surface area contributed by atoms with Gasteiger partial charge in [0.15, 0.2) is 0 Å². The number of amides is 1. The fraction of sp³-hybridized carbons (Fsp3) is 0.714. The molecular formula is C14H19NO4. The van der Waals surface area contributed by atoms with Crippen molar-refractivity contribution in [2.75, 3.05) is 26.3 Å². The van der Waals surface area contributed by atoms with Gasteiger partial charge in [0.1, 0.15) is 0 Å². The lowest BCUT2D eigenvalue weighted by Gasteiger charge is -2.44. The number of carbonyl (C=O) groups excluding carboxylic acids is 1. The summed E-state index contributed by atoms with van der Waals surface area (Å²) in [5, 5.41) is 9.45. The quantitative estimate of drug-likeness (QED) is 0.748. The van der Waals surface area contributed by atoms with Gasteiger partial charge in [-0.15, -0.1) is 0 Å². The van der Waals surface area contributed by atoms with Crippen molar-refractivity contribution in [3.05, 3.63) is 12.2 Å². The Hall–Kier alpha value is -1.36. The summed E-state index contributed by atoms with van der Waals surface area (Å²) in [7, 11) is 0. The summed E-state index contributed by atoms with van der Waals surface area (Å²) in [6, 6.07) is 0. The number of carbonyl (C=O) groups is 2. The SMILES string of the molecule is O=C(O)C1C2C=CC(CC2)C1C(=O)N1CCOCC1. The summed E-state index contributed by atoms with van der Waals surface area (Å²) < 4.78 is 5.25. The topological polar surface area (TPSA) is 66.8 Å². The summed E-state index contributed by atoms with van der Waals surface area (Å²) in [5.74, 6) is -1.61. The number of rotatable bonds is 2. The van der Waals surface area contributed by atoms with Gasteiger partial charge in [0.25, 0.3) is 0 Å². The minimum Gasteiger partial charge on any atom is -0.481 e. The Bertz CT molecular complexity index is 414. The molecule has 0 aromatic heterocycles. The lowest BCUT2D eigenvalue weighted by molar-refractivity contribution is -0.158. The fourth-order valence-electron chi connectivity index (χ4n) is 3.66. The van der Waals surface area contributed by atoms with E-state index in [1.54, 1.807) is 4.90 Å². The molecular weight excluding hydrogens is 246 g/mol. The van der Waals surface area contributed by atoms with Crippen LogP contribution in [0.1, 0.15) is 12.8 Å². The monoisotopic (exact) mass is 265 g/mol. The van der Waals surface area contributed by atoms with Gasteiger partial charge in [0, 0.05) is 13.1 Å². The van der Waals surface area contributed by atoms with Crippen LogP contribution in [-0.2, 0) is 14.3 Å². The first-order chi connectivity index (χ1) is 9.18. The van der Waals surface area contributed by atoms with Crippen LogP contribution >= 0.6 is 0 Å². The molecule has 4 rings (SSSR count). The molecule has 4 aliphatic rings. The van der Waals surface area contributed by atoms with Gasteiger partial charge < -0.3 is 14.7 Å². The Morgan fingerprint density at radius 2 is 1.63 bits per heavy atom. The average Bonchev–Trinajstić information content (AvgIpc) is 2.47. The van der Waals surface area contributed by atoms with Crippen LogP contribution in [-0.4, -0.2) is 48.2 Å². The van der Waals surface area contributed by atoms with Crippen LogP contribution in [0.4, 0.5) is 0 Å². The molecule has 4 unspecified atom stereocenters. The molecule has 104 valence electrons. The lowest BCUT2D eigenvalue weighted by atomic mass is 9.62. The minimum absolute atomic E-state index is 0.00903. The number of ether oxygens (including phenoxy) is 1. The number of carboxylic acids is 1. The number of hydrogen-bond acceptors (Lipinski definition) is 3. The summed E-state index contributed by atoms with van der Waals surface area (Å²) in [4.78, 5) is 25.9. The van der Waals surface area contributed by atoms with E-state index in [4.69, 9.17) is 4.74 Å². The van der Waals surface area contributed by atoms with E-state index in [1.165, 1.54) is 0 Å². The summed E-state index contributed by atoms with van der Waals surface area (Å²) in [6.45, 7) is 2.28. The third-order valence-corrected chi connectivity index (χ3v) is 4.64. The number of aliphatic carboxylic acids is 1. The van der Waals surface area contributed by atoms with Crippen LogP contribution in [0.2, 0.25) is 0 Å². The van der Waals surface area contributed by atoms with Crippen molar-refractivity contribution < 1.29 is 19.4 Å². The maximum Gasteiger partial charge on any atom is 0.307 e. The van der Waals surface area contributed by atoms with Crippen LogP contribution in [0.3, 0.4) is 0 Å². The van der Waals surface area contributed by atoms with E-state index in [-0.39, 0.29) is 23.7 Å². The smallest absolute Gasteiger partial charge is 0.307 e. The highest BCUT2D eigenvalue weighted by molar-refractivity contribution is 5.86. The predicted octanol–water partition coefficient (Wildman–Crippen LogP) is 0.758. The fourth-order valence-corrected chi connectivity index (χ4v) is 3.66. The van der Waals surface area contributed by atoms with Crippen LogP contribution in [0.25, 0.3) is 0 Å². The van der Waals surface area contributed by atoms with Gasteiger partial charge in [-0.1, -0.05) is 12.2 Å². The lowest BCUT2D eigenvalue weighted by Crippen LogP contribution is -2.52. The number of allylic oxidation sites excluding steroid dienone is 2. The van der Waals surface area contributed by atoms with Crippen molar-refractivity contribution in [3.63, 3.8) is 0 Å². The summed E-state index contributed by atoms with van der Waals surface area (Å²) in [6.07, 6.45) is 5.88. The zero-order valence-electron chi connectivity index (χ0n) is 10.8. The highest BCUT2D eigenvalue weighted by Gasteiger charge is 2.49. The molecule has 0 aromatic rings. The van der Waals surface area contributed by atoms with E-state index in [9.17, 15) is 14.7 Å². The molecule has 1 aliphatic heterocycles. The van der Waals surface area contributed by atoms with Gasteiger partial charge in [-0.2, -0.15) is 0 Å². The van der Waals surface area contributed by atoms with Crippen molar-refractivity contribution in [2.45, 2.75) is 12.8 Å². The van der Waals surface area contributed by atoms with Crippen molar-refractivity contribution in [2.24, 2.45) is 23.7 Å². The molecule has 5 nitrogen and oxygen atoms in total. The van der Waals surface area contributed by atoms with Crippen LogP contribution < -0.4 is 0 Å². The Labute approximate surface area is 112 Å². The molecule has 19 heavy (non-hydrogen) atoms. The Morgan fingerprint density at radius 1 is 1.05 bits per heavy atom. The zero-order valence-corrected chi connectivity index (χ0v) is 10.8. The highest BCUT2D eigenvalue weighted by Crippen LogP contribution is 2.45. The number of nitrogens with zero attached hydrogens (tertiary/aromatic N) is 1. The van der Waals surface area contributed by atoms with Gasteiger partial charge in [0.05, 0.1) is 25.0 Å². The van der Waals surface area contributed by atoms with E-state index in [2.05, 4.69) is 6.08 Å². The van der Waals surface area contributed by atoms with E-state index in [0.29, 0.717) is 26.3 Å². The third kappa shape index (κ3) is 2.16. The molecule has 1 saturated heterocycles. The van der Waals surface area contributed by atoms with Crippen LogP contribution in [0.5, 0.6) is 0 Å². The Kier molecular flexibility index (Phi) is 3.31. The van der Waals surface area contributed by atoms with E-state index >= 15 is 0 Å². The molecule has 2 fully saturated rings. The standard InChI is InChI=1S/C14H19NO4/c16-13(15-5-7-19-8-6-15)11-9-1-3-10(4-2-9)12(11)14(17)18/h1,3,9-12H,2,4-8H2,(H,17,18). The van der Waals surface area contributed by atoms with E-state index in [0.717, 1.165) is 12.8 Å². The molecule has 1 saturated carbocycles. The Morgan fingerprint density at radius 3 is 2.16 bits per heavy atom. The predicted molar refractivity (Wildman–Crippen MR) is 67.4 cm³/mol. The number of fused-ring (bicyclic) bond motifs is 2. The average molecular weight is 265 g/mol. The molecule has 4 atom stereocenters. The molecule has 1 amide bonds. The highest BCUT2D eigenvalue weighted by atomic mass is 16.5. The number of carboxylic acid groups (broad SMARTS) is 1. The van der Waals surface area contributed by atoms with E-state index < -0.39 is 11.9 Å². The van der Waals surface area contributed by atoms with Crippen molar-refractivity contribution in [1.29, 1.82) is 0 Å². The van der Waals surface area contributed by atoms with Crippen LogP contribution in [0, 0.1) is 23.7 Å². The second-order valence-electron chi connectivity index (χ2n) is 5.62. The first kappa shape index (κ1) is 12.7. The van der Waals surface area contributed by atoms with Crippen molar-refractivity contribution in [3.8, 4) is 0 Å². The largest absolute Gasteiger partial charge is 0.481 e. The van der Waals surface area contributed by atoms with Gasteiger partial charge in [-0.05, 0) is 24.7 Å². The molecule has 0 radical (unpaired) electrons. The molecule has 1 N–H and O–H groups in total. The van der Waals surface area contributed by atoms with Gasteiger partial charge in [0.2, 0.25) is 5.91 Å². The maximum atomic E-state index is 12.6.